The van der Waals surface area contributed by atoms with E-state index in [2.05, 4.69) is 10.3 Å². The Morgan fingerprint density at radius 1 is 1.38 bits per heavy atom. The maximum absolute atomic E-state index is 12.8. The van der Waals surface area contributed by atoms with Crippen LogP contribution in [0.4, 0.5) is 0 Å². The number of nitrogens with one attached hydrogen (secondary N) is 1. The van der Waals surface area contributed by atoms with E-state index >= 15 is 0 Å². The summed E-state index contributed by atoms with van der Waals surface area (Å²) >= 11 is 7.24. The van der Waals surface area contributed by atoms with E-state index in [0.717, 1.165) is 0 Å². The van der Waals surface area contributed by atoms with Crippen molar-refractivity contribution in [2.24, 2.45) is 0 Å². The summed E-state index contributed by atoms with van der Waals surface area (Å²) in [5, 5.41) is 4.29. The Bertz CT molecular complexity index is 983. The quantitative estimate of drug-likeness (QED) is 0.512. The van der Waals surface area contributed by atoms with Gasteiger partial charge in [-0.1, -0.05) is 23.4 Å². The third-order valence-corrected chi connectivity index (χ3v) is 4.91. The van der Waals surface area contributed by atoms with Gasteiger partial charge in [-0.15, -0.1) is 0 Å². The molecule has 6 nitrogen and oxygen atoms in total. The summed E-state index contributed by atoms with van der Waals surface area (Å²) in [6.45, 7) is 4.14. The largest absolute Gasteiger partial charge is 0.467 e. The minimum atomic E-state index is -0.165. The predicted molar refractivity (Wildman–Crippen MR) is 103 cm³/mol. The number of carbonyl (C=O) groups excluding carboxylic acids is 1. The number of amides is 1. The van der Waals surface area contributed by atoms with Crippen molar-refractivity contribution in [3.8, 4) is 0 Å². The molecule has 3 rings (SSSR count). The minimum Gasteiger partial charge on any atom is -0.467 e. The molecule has 2 aromatic heterocycles. The van der Waals surface area contributed by atoms with Crippen molar-refractivity contribution in [2.45, 2.75) is 31.6 Å². The van der Waals surface area contributed by atoms with E-state index in [0.29, 0.717) is 33.4 Å². The van der Waals surface area contributed by atoms with Crippen LogP contribution in [0.15, 0.2) is 51.0 Å². The second-order valence-electron chi connectivity index (χ2n) is 5.97. The molecule has 0 fully saturated rings. The topological polar surface area (TPSA) is 77.1 Å². The lowest BCUT2D eigenvalue weighted by Gasteiger charge is -2.16. The van der Waals surface area contributed by atoms with E-state index in [1.165, 1.54) is 11.8 Å². The molecule has 136 valence electrons. The zero-order valence-electron chi connectivity index (χ0n) is 14.4. The molecule has 0 radical (unpaired) electrons. The van der Waals surface area contributed by atoms with Gasteiger partial charge in [0.2, 0.25) is 5.91 Å². The molecular weight excluding hydrogens is 374 g/mol. The summed E-state index contributed by atoms with van der Waals surface area (Å²) in [6.07, 6.45) is 1.56. The number of aromatic nitrogens is 2. The Morgan fingerprint density at radius 2 is 2.19 bits per heavy atom. The lowest BCUT2D eigenvalue weighted by atomic mass is 10.2. The Kier molecular flexibility index (Phi) is 5.68. The van der Waals surface area contributed by atoms with Crippen molar-refractivity contribution in [3.63, 3.8) is 0 Å². The highest BCUT2D eigenvalue weighted by Gasteiger charge is 2.15. The van der Waals surface area contributed by atoms with Crippen molar-refractivity contribution < 1.29 is 9.21 Å². The van der Waals surface area contributed by atoms with Gasteiger partial charge in [0.25, 0.3) is 5.56 Å². The van der Waals surface area contributed by atoms with E-state index in [1.54, 1.807) is 41.2 Å². The molecule has 0 saturated carbocycles. The lowest BCUT2D eigenvalue weighted by molar-refractivity contribution is -0.118. The molecule has 0 aliphatic rings. The number of hydrogen-bond acceptors (Lipinski definition) is 5. The van der Waals surface area contributed by atoms with Gasteiger partial charge in [0, 0.05) is 11.1 Å². The van der Waals surface area contributed by atoms with Crippen LogP contribution in [0.25, 0.3) is 10.9 Å². The van der Waals surface area contributed by atoms with Crippen LogP contribution in [0, 0.1) is 0 Å². The standard InChI is InChI=1S/C18H18ClN3O3S/c1-11(2)22-17(24)14-6-5-12(19)8-15(14)21-18(22)26-10-16(23)20-9-13-4-3-7-25-13/h3-8,11H,9-10H2,1-2H3,(H,20,23). The molecule has 1 amide bonds. The number of benzene rings is 1. The van der Waals surface area contributed by atoms with Gasteiger partial charge >= 0.3 is 0 Å². The first-order chi connectivity index (χ1) is 12.5. The number of halogens is 1. The van der Waals surface area contributed by atoms with Gasteiger partial charge in [0.1, 0.15) is 5.76 Å². The lowest BCUT2D eigenvalue weighted by Crippen LogP contribution is -2.27. The highest BCUT2D eigenvalue weighted by molar-refractivity contribution is 7.99. The monoisotopic (exact) mass is 391 g/mol. The molecule has 1 aromatic carbocycles. The van der Waals surface area contributed by atoms with Crippen molar-refractivity contribution in [1.82, 2.24) is 14.9 Å². The summed E-state index contributed by atoms with van der Waals surface area (Å²) in [4.78, 5) is 29.4. The molecule has 0 spiro atoms. The molecule has 1 N–H and O–H groups in total. The van der Waals surface area contributed by atoms with Crippen molar-refractivity contribution in [2.75, 3.05) is 5.75 Å². The SMILES string of the molecule is CC(C)n1c(SCC(=O)NCc2ccco2)nc2cc(Cl)ccc2c1=O. The maximum Gasteiger partial charge on any atom is 0.262 e. The van der Waals surface area contributed by atoms with Gasteiger partial charge < -0.3 is 9.73 Å². The molecule has 0 aliphatic heterocycles. The first kappa shape index (κ1) is 18.5. The maximum atomic E-state index is 12.8. The van der Waals surface area contributed by atoms with Crippen molar-refractivity contribution in [3.05, 3.63) is 57.7 Å². The normalized spacial score (nSPS) is 11.2. The fraction of sp³-hybridized carbons (Fsp3) is 0.278. The highest BCUT2D eigenvalue weighted by atomic mass is 35.5. The third-order valence-electron chi connectivity index (χ3n) is 3.72. The molecule has 0 aliphatic carbocycles. The predicted octanol–water partition coefficient (Wildman–Crippen LogP) is 3.63. The first-order valence-electron chi connectivity index (χ1n) is 8.09. The Morgan fingerprint density at radius 3 is 2.88 bits per heavy atom. The average molecular weight is 392 g/mol. The van der Waals surface area contributed by atoms with Crippen LogP contribution in [0.1, 0.15) is 25.6 Å². The Balaban J connectivity index is 1.80. The third kappa shape index (κ3) is 4.11. The zero-order valence-corrected chi connectivity index (χ0v) is 15.9. The Hall–Kier alpha value is -2.25. The smallest absolute Gasteiger partial charge is 0.262 e. The number of fused-ring (bicyclic) bond motifs is 1. The fourth-order valence-corrected chi connectivity index (χ4v) is 3.61. The molecule has 3 aromatic rings. The zero-order chi connectivity index (χ0) is 18.7. The van der Waals surface area contributed by atoms with Crippen molar-refractivity contribution in [1.29, 1.82) is 0 Å². The minimum absolute atomic E-state index is 0.0799. The highest BCUT2D eigenvalue weighted by Crippen LogP contribution is 2.22. The number of hydrogen-bond donors (Lipinski definition) is 1. The first-order valence-corrected chi connectivity index (χ1v) is 9.45. The van der Waals surface area contributed by atoms with Gasteiger partial charge in [0.15, 0.2) is 5.16 Å². The molecule has 8 heteroatoms. The second kappa shape index (κ2) is 7.97. The van der Waals surface area contributed by atoms with Crippen LogP contribution < -0.4 is 10.9 Å². The van der Waals surface area contributed by atoms with Gasteiger partial charge in [0.05, 0.1) is 29.5 Å². The van der Waals surface area contributed by atoms with Crippen LogP contribution in [-0.2, 0) is 11.3 Å². The van der Waals surface area contributed by atoms with Crippen LogP contribution in [0.3, 0.4) is 0 Å². The second-order valence-corrected chi connectivity index (χ2v) is 7.35. The number of nitrogens with zero attached hydrogens (tertiary/aromatic N) is 2. The van der Waals surface area contributed by atoms with E-state index in [-0.39, 0.29) is 23.3 Å². The molecule has 0 atom stereocenters. The summed E-state index contributed by atoms with van der Waals surface area (Å²) in [5.74, 6) is 0.662. The number of thioether (sulfide) groups is 1. The van der Waals surface area contributed by atoms with E-state index in [9.17, 15) is 9.59 Å². The van der Waals surface area contributed by atoms with Crippen LogP contribution in [0.2, 0.25) is 5.02 Å². The summed E-state index contributed by atoms with van der Waals surface area (Å²) in [7, 11) is 0. The molecule has 2 heterocycles. The van der Waals surface area contributed by atoms with Gasteiger partial charge in [-0.3, -0.25) is 14.2 Å². The van der Waals surface area contributed by atoms with Crippen LogP contribution in [-0.4, -0.2) is 21.2 Å². The molecule has 0 unspecified atom stereocenters. The summed E-state index contributed by atoms with van der Waals surface area (Å²) in [5.41, 5.74) is 0.387. The molecule has 0 bridgehead atoms. The number of furan rings is 1. The van der Waals surface area contributed by atoms with Gasteiger partial charge in [-0.2, -0.15) is 0 Å². The van der Waals surface area contributed by atoms with Gasteiger partial charge in [-0.25, -0.2) is 4.98 Å². The van der Waals surface area contributed by atoms with E-state index < -0.39 is 0 Å². The molecule has 26 heavy (non-hydrogen) atoms. The summed E-state index contributed by atoms with van der Waals surface area (Å²) in [6, 6.07) is 8.48. The van der Waals surface area contributed by atoms with E-state index in [4.69, 9.17) is 16.0 Å². The number of rotatable bonds is 6. The van der Waals surface area contributed by atoms with E-state index in [1.807, 2.05) is 13.8 Å². The van der Waals surface area contributed by atoms with Gasteiger partial charge in [-0.05, 0) is 44.2 Å². The fourth-order valence-electron chi connectivity index (χ4n) is 2.49. The molecule has 0 saturated heterocycles. The molecular formula is C18H18ClN3O3S. The number of carbonyl (C=O) groups is 1. The average Bonchev–Trinajstić information content (AvgIpc) is 3.11. The summed E-state index contributed by atoms with van der Waals surface area (Å²) < 4.78 is 6.78. The Labute approximate surface area is 159 Å². The van der Waals surface area contributed by atoms with Crippen molar-refractivity contribution >= 4 is 40.2 Å². The van der Waals surface area contributed by atoms with Crippen LogP contribution >= 0.6 is 23.4 Å². The van der Waals surface area contributed by atoms with Crippen LogP contribution in [0.5, 0.6) is 0 Å².